The van der Waals surface area contributed by atoms with Gasteiger partial charge in [-0.1, -0.05) is 17.2 Å². The molecule has 0 radical (unpaired) electrons. The zero-order valence-corrected chi connectivity index (χ0v) is 8.81. The number of halogens is 1. The summed E-state index contributed by atoms with van der Waals surface area (Å²) in [7, 11) is 0. The molecule has 0 saturated heterocycles. The van der Waals surface area contributed by atoms with Crippen molar-refractivity contribution in [3.05, 3.63) is 22.8 Å². The van der Waals surface area contributed by atoms with Crippen LogP contribution in [0.25, 0.3) is 0 Å². The van der Waals surface area contributed by atoms with Crippen molar-refractivity contribution in [2.45, 2.75) is 32.8 Å². The van der Waals surface area contributed by atoms with Crippen LogP contribution >= 0.6 is 11.6 Å². The molecule has 72 valence electrons. The van der Waals surface area contributed by atoms with Crippen LogP contribution in [0.1, 0.15) is 27.2 Å². The molecule has 2 nitrogen and oxygen atoms in total. The zero-order valence-electron chi connectivity index (χ0n) is 8.06. The summed E-state index contributed by atoms with van der Waals surface area (Å²) in [6.45, 7) is 5.22. The Morgan fingerprint density at radius 2 is 2.31 bits per heavy atom. The summed E-state index contributed by atoms with van der Waals surface area (Å²) < 4.78 is 5.18. The van der Waals surface area contributed by atoms with E-state index in [-0.39, 0.29) is 5.97 Å². The lowest BCUT2D eigenvalue weighted by Gasteiger charge is -2.29. The first-order chi connectivity index (χ1) is 5.93. The van der Waals surface area contributed by atoms with E-state index in [0.717, 1.165) is 10.6 Å². The van der Waals surface area contributed by atoms with Gasteiger partial charge in [-0.15, -0.1) is 0 Å². The Morgan fingerprint density at radius 3 is 2.77 bits per heavy atom. The second-order valence-electron chi connectivity index (χ2n) is 3.54. The lowest BCUT2D eigenvalue weighted by atomic mass is 9.92. The number of allylic oxidation sites excluding steroid dienone is 2. The average Bonchev–Trinajstić information content (AvgIpc) is 1.96. The van der Waals surface area contributed by atoms with E-state index in [0.29, 0.717) is 6.42 Å². The Kier molecular flexibility index (Phi) is 2.81. The summed E-state index contributed by atoms with van der Waals surface area (Å²) in [5, 5.41) is 0.740. The Morgan fingerprint density at radius 1 is 1.69 bits per heavy atom. The highest BCUT2D eigenvalue weighted by Crippen LogP contribution is 2.31. The molecule has 0 amide bonds. The second kappa shape index (κ2) is 3.54. The summed E-state index contributed by atoms with van der Waals surface area (Å²) >= 11 is 5.88. The third-order valence-corrected chi connectivity index (χ3v) is 2.43. The van der Waals surface area contributed by atoms with Crippen LogP contribution < -0.4 is 0 Å². The van der Waals surface area contributed by atoms with Gasteiger partial charge in [0.1, 0.15) is 5.60 Å². The summed E-state index contributed by atoms with van der Waals surface area (Å²) in [5.74, 6) is -0.266. The molecule has 1 rings (SSSR count). The topological polar surface area (TPSA) is 26.3 Å². The van der Waals surface area contributed by atoms with Gasteiger partial charge in [0.25, 0.3) is 0 Å². The van der Waals surface area contributed by atoms with Gasteiger partial charge in [0.2, 0.25) is 0 Å². The Hall–Kier alpha value is -0.760. The Balaban J connectivity index is 2.78. The van der Waals surface area contributed by atoms with Gasteiger partial charge in [-0.25, -0.2) is 0 Å². The van der Waals surface area contributed by atoms with Crippen LogP contribution in [0.15, 0.2) is 22.8 Å². The van der Waals surface area contributed by atoms with E-state index in [1.54, 1.807) is 6.08 Å². The second-order valence-corrected chi connectivity index (χ2v) is 3.95. The van der Waals surface area contributed by atoms with E-state index in [2.05, 4.69) is 0 Å². The van der Waals surface area contributed by atoms with Crippen LogP contribution in [-0.4, -0.2) is 11.6 Å². The van der Waals surface area contributed by atoms with Crippen molar-refractivity contribution >= 4 is 17.6 Å². The van der Waals surface area contributed by atoms with Crippen molar-refractivity contribution in [2.75, 3.05) is 0 Å². The van der Waals surface area contributed by atoms with E-state index in [1.165, 1.54) is 6.92 Å². The molecule has 0 heterocycles. The molecule has 0 saturated carbocycles. The standard InChI is InChI=1S/C10H13ClO2/c1-7-6-10(3,13-8(2)12)5-4-9(7)11/h4-5H,6H2,1-3H3. The third kappa shape index (κ3) is 2.59. The number of hydrogen-bond acceptors (Lipinski definition) is 2. The van der Waals surface area contributed by atoms with Crippen molar-refractivity contribution < 1.29 is 9.53 Å². The SMILES string of the molecule is CC(=O)OC1(C)C=CC(Cl)=C(C)C1. The molecule has 0 spiro atoms. The first-order valence-corrected chi connectivity index (χ1v) is 4.55. The van der Waals surface area contributed by atoms with Gasteiger partial charge >= 0.3 is 5.97 Å². The van der Waals surface area contributed by atoms with Crippen LogP contribution in [0.5, 0.6) is 0 Å². The van der Waals surface area contributed by atoms with Crippen LogP contribution in [0.2, 0.25) is 0 Å². The highest BCUT2D eigenvalue weighted by atomic mass is 35.5. The molecule has 1 aliphatic carbocycles. The molecule has 13 heavy (non-hydrogen) atoms. The maximum Gasteiger partial charge on any atom is 0.303 e. The van der Waals surface area contributed by atoms with Gasteiger partial charge in [0.15, 0.2) is 0 Å². The van der Waals surface area contributed by atoms with E-state index >= 15 is 0 Å². The third-order valence-electron chi connectivity index (χ3n) is 1.98. The van der Waals surface area contributed by atoms with Crippen LogP contribution in [0, 0.1) is 0 Å². The number of carbonyl (C=O) groups is 1. The molecule has 0 aromatic heterocycles. The van der Waals surface area contributed by atoms with Crippen molar-refractivity contribution in [3.63, 3.8) is 0 Å². The number of rotatable bonds is 1. The molecule has 0 fully saturated rings. The maximum absolute atomic E-state index is 10.8. The predicted octanol–water partition coefficient (Wildman–Crippen LogP) is 2.78. The zero-order chi connectivity index (χ0) is 10.1. The number of carbonyl (C=O) groups excluding carboxylic acids is 1. The normalized spacial score (nSPS) is 27.7. The molecule has 1 unspecified atom stereocenters. The van der Waals surface area contributed by atoms with Crippen molar-refractivity contribution in [2.24, 2.45) is 0 Å². The number of hydrogen-bond donors (Lipinski definition) is 0. The minimum Gasteiger partial charge on any atom is -0.455 e. The molecular weight excluding hydrogens is 188 g/mol. The summed E-state index contributed by atoms with van der Waals surface area (Å²) in [6.07, 6.45) is 4.27. The molecule has 0 aliphatic heterocycles. The molecule has 0 bridgehead atoms. The van der Waals surface area contributed by atoms with Crippen LogP contribution in [0.3, 0.4) is 0 Å². The fraction of sp³-hybridized carbons (Fsp3) is 0.500. The average molecular weight is 201 g/mol. The number of ether oxygens (including phenoxy) is 1. The smallest absolute Gasteiger partial charge is 0.303 e. The van der Waals surface area contributed by atoms with Crippen molar-refractivity contribution in [1.29, 1.82) is 0 Å². The van der Waals surface area contributed by atoms with Gasteiger partial charge in [0.05, 0.1) is 0 Å². The van der Waals surface area contributed by atoms with Crippen LogP contribution in [-0.2, 0) is 9.53 Å². The highest BCUT2D eigenvalue weighted by Gasteiger charge is 2.28. The molecule has 3 heteroatoms. The Labute approximate surface area is 83.2 Å². The first kappa shape index (κ1) is 10.3. The Bertz CT molecular complexity index is 291. The molecule has 0 aromatic rings. The molecule has 1 aliphatic rings. The van der Waals surface area contributed by atoms with Crippen molar-refractivity contribution in [3.8, 4) is 0 Å². The quantitative estimate of drug-likeness (QED) is 0.609. The summed E-state index contributed by atoms with van der Waals surface area (Å²) in [4.78, 5) is 10.8. The monoisotopic (exact) mass is 200 g/mol. The molecule has 0 aromatic carbocycles. The molecular formula is C10H13ClO2. The first-order valence-electron chi connectivity index (χ1n) is 4.17. The van der Waals surface area contributed by atoms with Gasteiger partial charge in [-0.3, -0.25) is 4.79 Å². The van der Waals surface area contributed by atoms with E-state index in [1.807, 2.05) is 19.9 Å². The van der Waals surface area contributed by atoms with Crippen molar-refractivity contribution in [1.82, 2.24) is 0 Å². The minimum absolute atomic E-state index is 0.266. The summed E-state index contributed by atoms with van der Waals surface area (Å²) in [6, 6.07) is 0. The van der Waals surface area contributed by atoms with Gasteiger partial charge in [-0.05, 0) is 26.0 Å². The lowest BCUT2D eigenvalue weighted by Crippen LogP contribution is -2.30. The minimum atomic E-state index is -0.520. The fourth-order valence-electron chi connectivity index (χ4n) is 1.46. The van der Waals surface area contributed by atoms with Crippen LogP contribution in [0.4, 0.5) is 0 Å². The highest BCUT2D eigenvalue weighted by molar-refractivity contribution is 6.31. The maximum atomic E-state index is 10.8. The molecule has 0 N–H and O–H groups in total. The molecule has 1 atom stereocenters. The number of esters is 1. The van der Waals surface area contributed by atoms with E-state index in [4.69, 9.17) is 16.3 Å². The van der Waals surface area contributed by atoms with Gasteiger partial charge < -0.3 is 4.74 Å². The lowest BCUT2D eigenvalue weighted by molar-refractivity contribution is -0.150. The predicted molar refractivity (Wildman–Crippen MR) is 52.5 cm³/mol. The van der Waals surface area contributed by atoms with Gasteiger partial charge in [-0.2, -0.15) is 0 Å². The summed E-state index contributed by atoms with van der Waals surface area (Å²) in [5.41, 5.74) is 0.529. The largest absolute Gasteiger partial charge is 0.455 e. The van der Waals surface area contributed by atoms with E-state index < -0.39 is 5.60 Å². The fourth-order valence-corrected chi connectivity index (χ4v) is 1.59. The van der Waals surface area contributed by atoms with Gasteiger partial charge in [0, 0.05) is 18.4 Å². The van der Waals surface area contributed by atoms with E-state index in [9.17, 15) is 4.79 Å².